The zero-order chi connectivity index (χ0) is 14.5. The fraction of sp³-hybridized carbons (Fsp3) is 0.333. The van der Waals surface area contributed by atoms with Gasteiger partial charge in [-0.15, -0.1) is 0 Å². The molecule has 1 aromatic heterocycles. The number of hydrogen-bond acceptors (Lipinski definition) is 7. The molecule has 1 heterocycles. The van der Waals surface area contributed by atoms with E-state index in [1.54, 1.807) is 6.92 Å². The Bertz CT molecular complexity index is 581. The van der Waals surface area contributed by atoms with Crippen LogP contribution in [-0.4, -0.2) is 22.2 Å². The molecule has 0 amide bonds. The first-order chi connectivity index (χ1) is 9.60. The number of methoxy groups -OCH3 is 1. The van der Waals surface area contributed by atoms with Crippen LogP contribution >= 0.6 is 0 Å². The summed E-state index contributed by atoms with van der Waals surface area (Å²) in [5.41, 5.74) is 0.00479. The van der Waals surface area contributed by atoms with Gasteiger partial charge < -0.3 is 14.0 Å². The summed E-state index contributed by atoms with van der Waals surface area (Å²) in [6.07, 6.45) is -0.463. The van der Waals surface area contributed by atoms with Crippen molar-refractivity contribution in [3.63, 3.8) is 0 Å². The molecule has 0 radical (unpaired) electrons. The number of nitrogens with zero attached hydrogens (tertiary/aromatic N) is 3. The molecule has 20 heavy (non-hydrogen) atoms. The molecule has 0 unspecified atom stereocenters. The van der Waals surface area contributed by atoms with Crippen LogP contribution < -0.4 is 4.74 Å². The largest absolute Gasteiger partial charge is 0.481 e. The van der Waals surface area contributed by atoms with Crippen molar-refractivity contribution in [1.82, 2.24) is 10.1 Å². The second kappa shape index (κ2) is 6.11. The van der Waals surface area contributed by atoms with E-state index in [4.69, 9.17) is 14.0 Å². The predicted molar refractivity (Wildman–Crippen MR) is 67.2 cm³/mol. The summed E-state index contributed by atoms with van der Waals surface area (Å²) in [5, 5.41) is 14.3. The minimum absolute atomic E-state index is 0.00479. The molecule has 0 aliphatic rings. The minimum atomic E-state index is -0.470. The van der Waals surface area contributed by atoms with Crippen molar-refractivity contribution >= 4 is 5.69 Å². The molecular weight excluding hydrogens is 266 g/mol. The number of non-ortho nitro benzene ring substituents is 1. The van der Waals surface area contributed by atoms with Crippen LogP contribution in [0.4, 0.5) is 5.69 Å². The van der Waals surface area contributed by atoms with Crippen molar-refractivity contribution in [2.75, 3.05) is 7.11 Å². The normalized spacial score (nSPS) is 12.1. The maximum absolute atomic E-state index is 10.5. The average Bonchev–Trinajstić information content (AvgIpc) is 2.88. The molecule has 0 bridgehead atoms. The molecule has 8 heteroatoms. The minimum Gasteiger partial charge on any atom is -0.481 e. The van der Waals surface area contributed by atoms with Crippen molar-refractivity contribution in [1.29, 1.82) is 0 Å². The first kappa shape index (κ1) is 13.9. The molecular formula is C12H13N3O5. The number of rotatable bonds is 6. The number of nitro groups is 1. The Morgan fingerprint density at radius 1 is 1.40 bits per heavy atom. The number of hydrogen-bond donors (Lipinski definition) is 0. The van der Waals surface area contributed by atoms with Gasteiger partial charge in [0.15, 0.2) is 11.9 Å². The third kappa shape index (κ3) is 3.29. The van der Waals surface area contributed by atoms with Crippen molar-refractivity contribution in [3.05, 3.63) is 46.1 Å². The lowest BCUT2D eigenvalue weighted by Crippen LogP contribution is -2.04. The van der Waals surface area contributed by atoms with Gasteiger partial charge in [0.2, 0.25) is 0 Å². The number of aromatic nitrogens is 2. The molecule has 0 aliphatic heterocycles. The Morgan fingerprint density at radius 2 is 2.10 bits per heavy atom. The molecule has 0 fully saturated rings. The highest BCUT2D eigenvalue weighted by atomic mass is 16.6. The van der Waals surface area contributed by atoms with E-state index in [0.29, 0.717) is 17.5 Å². The highest BCUT2D eigenvalue weighted by Gasteiger charge is 2.16. The van der Waals surface area contributed by atoms with Crippen molar-refractivity contribution in [2.24, 2.45) is 0 Å². The zero-order valence-corrected chi connectivity index (χ0v) is 11.0. The van der Waals surface area contributed by atoms with Gasteiger partial charge in [-0.25, -0.2) is 0 Å². The second-order valence-corrected chi connectivity index (χ2v) is 3.99. The topological polar surface area (TPSA) is 101 Å². The third-order valence-corrected chi connectivity index (χ3v) is 2.47. The van der Waals surface area contributed by atoms with Crippen molar-refractivity contribution in [3.8, 4) is 5.75 Å². The van der Waals surface area contributed by atoms with Crippen LogP contribution in [0.2, 0.25) is 0 Å². The van der Waals surface area contributed by atoms with Gasteiger partial charge in [0.05, 0.1) is 4.92 Å². The van der Waals surface area contributed by atoms with Gasteiger partial charge in [0, 0.05) is 19.2 Å². The molecule has 1 atom stereocenters. The second-order valence-electron chi connectivity index (χ2n) is 3.99. The third-order valence-electron chi connectivity index (χ3n) is 2.47. The highest BCUT2D eigenvalue weighted by Crippen LogP contribution is 2.23. The number of nitro benzene ring substituents is 1. The number of ether oxygens (including phenoxy) is 2. The molecule has 0 saturated heterocycles. The Kier molecular flexibility index (Phi) is 4.26. The van der Waals surface area contributed by atoms with E-state index in [1.165, 1.54) is 31.4 Å². The molecule has 2 aromatic rings. The van der Waals surface area contributed by atoms with Gasteiger partial charge in [-0.05, 0) is 19.1 Å². The van der Waals surface area contributed by atoms with E-state index in [1.807, 2.05) is 0 Å². The molecule has 0 spiro atoms. The van der Waals surface area contributed by atoms with Crippen LogP contribution in [0.5, 0.6) is 5.75 Å². The van der Waals surface area contributed by atoms with E-state index < -0.39 is 11.0 Å². The molecule has 2 rings (SSSR count). The Morgan fingerprint density at radius 3 is 2.70 bits per heavy atom. The molecule has 0 N–H and O–H groups in total. The first-order valence-electron chi connectivity index (χ1n) is 5.82. The standard InChI is InChI=1S/C12H13N3O5/c1-8(12-13-11(7-18-2)14-20-12)19-10-5-3-9(4-6-10)15(16)17/h3-6,8H,7H2,1-2H3/t8-/m1/s1. The fourth-order valence-electron chi connectivity index (χ4n) is 1.52. The van der Waals surface area contributed by atoms with Crippen molar-refractivity contribution < 1.29 is 18.9 Å². The molecule has 1 aromatic carbocycles. The van der Waals surface area contributed by atoms with E-state index in [0.717, 1.165) is 0 Å². The van der Waals surface area contributed by atoms with E-state index >= 15 is 0 Å². The van der Waals surface area contributed by atoms with Crippen LogP contribution in [-0.2, 0) is 11.3 Å². The smallest absolute Gasteiger partial charge is 0.269 e. The summed E-state index contributed by atoms with van der Waals surface area (Å²) in [4.78, 5) is 14.2. The lowest BCUT2D eigenvalue weighted by molar-refractivity contribution is -0.384. The van der Waals surface area contributed by atoms with E-state index in [2.05, 4.69) is 10.1 Å². The lowest BCUT2D eigenvalue weighted by Gasteiger charge is -2.10. The quantitative estimate of drug-likeness (QED) is 0.590. The Balaban J connectivity index is 2.02. The Labute approximate surface area is 114 Å². The van der Waals surface area contributed by atoms with Gasteiger partial charge in [-0.1, -0.05) is 5.16 Å². The first-order valence-corrected chi connectivity index (χ1v) is 5.82. The molecule has 106 valence electrons. The monoisotopic (exact) mass is 279 g/mol. The maximum Gasteiger partial charge on any atom is 0.269 e. The SMILES string of the molecule is COCc1noc([C@@H](C)Oc2ccc([N+](=O)[O-])cc2)n1. The van der Waals surface area contributed by atoms with Crippen LogP contribution in [0.3, 0.4) is 0 Å². The van der Waals surface area contributed by atoms with Gasteiger partial charge >= 0.3 is 0 Å². The van der Waals surface area contributed by atoms with Crippen molar-refractivity contribution in [2.45, 2.75) is 19.6 Å². The van der Waals surface area contributed by atoms with Gasteiger partial charge in [0.1, 0.15) is 12.4 Å². The summed E-state index contributed by atoms with van der Waals surface area (Å²) in [5.74, 6) is 1.23. The maximum atomic E-state index is 10.5. The van der Waals surface area contributed by atoms with Crippen LogP contribution in [0.25, 0.3) is 0 Å². The van der Waals surface area contributed by atoms with Crippen LogP contribution in [0.1, 0.15) is 24.7 Å². The summed E-state index contributed by atoms with van der Waals surface area (Å²) < 4.78 is 15.5. The highest BCUT2D eigenvalue weighted by molar-refractivity contribution is 5.36. The lowest BCUT2D eigenvalue weighted by atomic mass is 10.3. The summed E-state index contributed by atoms with van der Waals surface area (Å²) in [6.45, 7) is 2.00. The van der Waals surface area contributed by atoms with Crippen LogP contribution in [0.15, 0.2) is 28.8 Å². The molecule has 0 saturated carbocycles. The average molecular weight is 279 g/mol. The fourth-order valence-corrected chi connectivity index (χ4v) is 1.52. The van der Waals surface area contributed by atoms with Gasteiger partial charge in [-0.2, -0.15) is 4.98 Å². The summed E-state index contributed by atoms with van der Waals surface area (Å²) >= 11 is 0. The van der Waals surface area contributed by atoms with Crippen LogP contribution in [0, 0.1) is 10.1 Å². The molecule has 8 nitrogen and oxygen atoms in total. The Hall–Kier alpha value is -2.48. The number of benzene rings is 1. The summed E-state index contributed by atoms with van der Waals surface area (Å²) in [7, 11) is 1.53. The van der Waals surface area contributed by atoms with Gasteiger partial charge in [0.25, 0.3) is 11.6 Å². The van der Waals surface area contributed by atoms with Gasteiger partial charge in [-0.3, -0.25) is 10.1 Å². The predicted octanol–water partition coefficient (Wildman–Crippen LogP) is 2.26. The molecule has 0 aliphatic carbocycles. The van der Waals surface area contributed by atoms with E-state index in [9.17, 15) is 10.1 Å². The van der Waals surface area contributed by atoms with E-state index in [-0.39, 0.29) is 12.3 Å². The summed E-state index contributed by atoms with van der Waals surface area (Å²) in [6, 6.07) is 5.76. The zero-order valence-electron chi connectivity index (χ0n) is 11.0.